The number of halogens is 2. The number of rotatable bonds is 2. The van der Waals surface area contributed by atoms with Gasteiger partial charge in [-0.1, -0.05) is 6.07 Å². The SMILES string of the molecule is Cc1ccc(F)cc1-n1c(CCl)nc2cnccc21. The second-order valence-corrected chi connectivity index (χ2v) is 4.56. The fourth-order valence-corrected chi connectivity index (χ4v) is 2.34. The summed E-state index contributed by atoms with van der Waals surface area (Å²) in [5.74, 6) is 0.653. The zero-order valence-corrected chi connectivity index (χ0v) is 11.0. The Labute approximate surface area is 114 Å². The van der Waals surface area contributed by atoms with Crippen molar-refractivity contribution in [2.75, 3.05) is 0 Å². The first kappa shape index (κ1) is 12.1. The predicted octanol–water partition coefficient (Wildman–Crippen LogP) is 3.61. The maximum Gasteiger partial charge on any atom is 0.129 e. The van der Waals surface area contributed by atoms with Crippen LogP contribution in [-0.4, -0.2) is 14.5 Å². The number of nitrogens with zero attached hydrogens (tertiary/aromatic N) is 3. The van der Waals surface area contributed by atoms with Crippen molar-refractivity contribution in [2.24, 2.45) is 0 Å². The summed E-state index contributed by atoms with van der Waals surface area (Å²) < 4.78 is 15.4. The first-order chi connectivity index (χ1) is 9.20. The number of benzene rings is 1. The predicted molar refractivity (Wildman–Crippen MR) is 73.1 cm³/mol. The van der Waals surface area contributed by atoms with Crippen LogP contribution in [0.25, 0.3) is 16.7 Å². The molecule has 0 spiro atoms. The fraction of sp³-hybridized carbons (Fsp3) is 0.143. The van der Waals surface area contributed by atoms with Crippen LogP contribution in [0.1, 0.15) is 11.4 Å². The van der Waals surface area contributed by atoms with Crippen molar-refractivity contribution in [3.05, 3.63) is 53.9 Å². The molecule has 0 bridgehead atoms. The number of hydrogen-bond donors (Lipinski definition) is 0. The topological polar surface area (TPSA) is 30.7 Å². The van der Waals surface area contributed by atoms with Gasteiger partial charge in [-0.05, 0) is 30.7 Å². The first-order valence-corrected chi connectivity index (χ1v) is 6.38. The van der Waals surface area contributed by atoms with Gasteiger partial charge in [0.25, 0.3) is 0 Å². The molecule has 0 atom stereocenters. The van der Waals surface area contributed by atoms with Crippen LogP contribution in [0.15, 0.2) is 36.7 Å². The van der Waals surface area contributed by atoms with E-state index in [2.05, 4.69) is 9.97 Å². The number of fused-ring (bicyclic) bond motifs is 1. The molecule has 0 aliphatic rings. The molecule has 0 aliphatic heterocycles. The summed E-state index contributed by atoms with van der Waals surface area (Å²) in [6, 6.07) is 6.53. The smallest absolute Gasteiger partial charge is 0.129 e. The molecule has 5 heteroatoms. The third kappa shape index (κ3) is 1.98. The van der Waals surface area contributed by atoms with Gasteiger partial charge in [-0.25, -0.2) is 9.37 Å². The molecule has 0 radical (unpaired) electrons. The third-order valence-electron chi connectivity index (χ3n) is 3.06. The molecule has 0 saturated heterocycles. The minimum atomic E-state index is -0.281. The molecule has 0 aliphatic carbocycles. The van der Waals surface area contributed by atoms with Crippen LogP contribution < -0.4 is 0 Å². The fourth-order valence-electron chi connectivity index (χ4n) is 2.16. The van der Waals surface area contributed by atoms with E-state index >= 15 is 0 Å². The molecule has 96 valence electrons. The standard InChI is InChI=1S/C14H11ClFN3/c1-9-2-3-10(16)6-13(9)19-12-4-5-17-8-11(12)18-14(19)7-15/h2-6,8H,7H2,1H3. The average molecular weight is 276 g/mol. The van der Waals surface area contributed by atoms with Gasteiger partial charge in [-0.15, -0.1) is 11.6 Å². The zero-order chi connectivity index (χ0) is 13.4. The van der Waals surface area contributed by atoms with Crippen molar-refractivity contribution in [2.45, 2.75) is 12.8 Å². The van der Waals surface area contributed by atoms with Crippen molar-refractivity contribution in [3.63, 3.8) is 0 Å². The zero-order valence-electron chi connectivity index (χ0n) is 10.3. The molecule has 2 heterocycles. The molecule has 0 amide bonds. The Hall–Kier alpha value is -1.94. The Morgan fingerprint density at radius 1 is 1.32 bits per heavy atom. The Morgan fingerprint density at radius 3 is 2.95 bits per heavy atom. The summed E-state index contributed by atoms with van der Waals surface area (Å²) in [6.07, 6.45) is 3.36. The summed E-state index contributed by atoms with van der Waals surface area (Å²) in [5.41, 5.74) is 3.34. The second kappa shape index (κ2) is 4.63. The van der Waals surface area contributed by atoms with E-state index in [1.165, 1.54) is 12.1 Å². The van der Waals surface area contributed by atoms with Gasteiger partial charge in [0.15, 0.2) is 0 Å². The van der Waals surface area contributed by atoms with Crippen molar-refractivity contribution < 1.29 is 4.39 Å². The summed E-state index contributed by atoms with van der Waals surface area (Å²) in [6.45, 7) is 1.93. The van der Waals surface area contributed by atoms with Crippen LogP contribution in [0.3, 0.4) is 0 Å². The Balaban J connectivity index is 2.37. The molecule has 0 unspecified atom stereocenters. The quantitative estimate of drug-likeness (QED) is 0.669. The molecule has 3 rings (SSSR count). The van der Waals surface area contributed by atoms with Crippen LogP contribution in [0.5, 0.6) is 0 Å². The van der Waals surface area contributed by atoms with Crippen LogP contribution in [0.4, 0.5) is 4.39 Å². The summed E-state index contributed by atoms with van der Waals surface area (Å²) >= 11 is 5.95. The molecule has 1 aromatic carbocycles. The van der Waals surface area contributed by atoms with E-state index < -0.39 is 0 Å². The van der Waals surface area contributed by atoms with Gasteiger partial charge in [0.05, 0.1) is 23.3 Å². The van der Waals surface area contributed by atoms with Crippen LogP contribution in [-0.2, 0) is 5.88 Å². The number of hydrogen-bond acceptors (Lipinski definition) is 2. The molecule has 19 heavy (non-hydrogen) atoms. The number of pyridine rings is 1. The summed E-state index contributed by atoms with van der Waals surface area (Å²) in [5, 5.41) is 0. The van der Waals surface area contributed by atoms with Crippen LogP contribution in [0.2, 0.25) is 0 Å². The highest BCUT2D eigenvalue weighted by Gasteiger charge is 2.13. The summed E-state index contributed by atoms with van der Waals surface area (Å²) in [4.78, 5) is 8.47. The Kier molecular flexibility index (Phi) is 2.95. The molecule has 0 fully saturated rings. The van der Waals surface area contributed by atoms with Crippen LogP contribution in [0, 0.1) is 12.7 Å². The normalized spacial score (nSPS) is 11.1. The highest BCUT2D eigenvalue weighted by atomic mass is 35.5. The van der Waals surface area contributed by atoms with Crippen molar-refractivity contribution in [3.8, 4) is 5.69 Å². The molecule has 2 aromatic heterocycles. The highest BCUT2D eigenvalue weighted by Crippen LogP contribution is 2.24. The van der Waals surface area contributed by atoms with Gasteiger partial charge in [0.2, 0.25) is 0 Å². The molecule has 0 N–H and O–H groups in total. The summed E-state index contributed by atoms with van der Waals surface area (Å²) in [7, 11) is 0. The van der Waals surface area contributed by atoms with Gasteiger partial charge in [0, 0.05) is 6.20 Å². The van der Waals surface area contributed by atoms with Crippen LogP contribution >= 0.6 is 11.6 Å². The third-order valence-corrected chi connectivity index (χ3v) is 3.30. The first-order valence-electron chi connectivity index (χ1n) is 5.84. The van der Waals surface area contributed by atoms with E-state index in [0.717, 1.165) is 22.3 Å². The lowest BCUT2D eigenvalue weighted by Crippen LogP contribution is -2.02. The maximum absolute atomic E-state index is 13.5. The van der Waals surface area contributed by atoms with E-state index in [1.807, 2.05) is 17.6 Å². The lowest BCUT2D eigenvalue weighted by atomic mass is 10.2. The largest absolute Gasteiger partial charge is 0.295 e. The molecular weight excluding hydrogens is 265 g/mol. The second-order valence-electron chi connectivity index (χ2n) is 4.29. The molecular formula is C14H11ClFN3. The average Bonchev–Trinajstić information content (AvgIpc) is 2.80. The van der Waals surface area contributed by atoms with E-state index in [1.54, 1.807) is 18.5 Å². The van der Waals surface area contributed by atoms with Gasteiger partial charge in [-0.3, -0.25) is 9.55 Å². The van der Waals surface area contributed by atoms with Gasteiger partial charge in [0.1, 0.15) is 17.2 Å². The van der Waals surface area contributed by atoms with Gasteiger partial charge >= 0.3 is 0 Å². The Morgan fingerprint density at radius 2 is 2.16 bits per heavy atom. The molecule has 3 aromatic rings. The lowest BCUT2D eigenvalue weighted by Gasteiger charge is -2.11. The number of aryl methyl sites for hydroxylation is 1. The van der Waals surface area contributed by atoms with E-state index in [-0.39, 0.29) is 11.7 Å². The van der Waals surface area contributed by atoms with Crippen molar-refractivity contribution in [1.82, 2.24) is 14.5 Å². The maximum atomic E-state index is 13.5. The van der Waals surface area contributed by atoms with Crippen molar-refractivity contribution >= 4 is 22.6 Å². The number of aromatic nitrogens is 3. The van der Waals surface area contributed by atoms with Gasteiger partial charge < -0.3 is 0 Å². The monoisotopic (exact) mass is 275 g/mol. The van der Waals surface area contributed by atoms with Gasteiger partial charge in [-0.2, -0.15) is 0 Å². The minimum absolute atomic E-state index is 0.255. The number of imidazole rings is 1. The van der Waals surface area contributed by atoms with E-state index in [4.69, 9.17) is 11.6 Å². The highest BCUT2D eigenvalue weighted by molar-refractivity contribution is 6.17. The molecule has 3 nitrogen and oxygen atoms in total. The Bertz CT molecular complexity index is 752. The molecule has 0 saturated carbocycles. The van der Waals surface area contributed by atoms with E-state index in [9.17, 15) is 4.39 Å². The minimum Gasteiger partial charge on any atom is -0.295 e. The van der Waals surface area contributed by atoms with Crippen molar-refractivity contribution in [1.29, 1.82) is 0 Å². The van der Waals surface area contributed by atoms with E-state index in [0.29, 0.717) is 5.82 Å². The number of alkyl halides is 1. The lowest BCUT2D eigenvalue weighted by molar-refractivity contribution is 0.626.